The quantitative estimate of drug-likeness (QED) is 0.295. The van der Waals surface area contributed by atoms with Gasteiger partial charge in [-0.2, -0.15) is 0 Å². The van der Waals surface area contributed by atoms with Gasteiger partial charge in [0.05, 0.1) is 0 Å². The third-order valence-electron chi connectivity index (χ3n) is 6.08. The van der Waals surface area contributed by atoms with E-state index in [1.54, 1.807) is 0 Å². The maximum absolute atomic E-state index is 3.84. The minimum atomic E-state index is -1.65. The van der Waals surface area contributed by atoms with E-state index in [0.717, 1.165) is 13.1 Å². The Hall–Kier alpha value is -1.20. The van der Waals surface area contributed by atoms with E-state index in [4.69, 9.17) is 0 Å². The highest BCUT2D eigenvalue weighted by Gasteiger charge is 2.41. The summed E-state index contributed by atoms with van der Waals surface area (Å²) in [4.78, 5) is 2.54. The summed E-state index contributed by atoms with van der Waals surface area (Å²) in [6, 6.07) is 9.01. The van der Waals surface area contributed by atoms with Crippen molar-refractivity contribution in [2.75, 3.05) is 18.0 Å². The van der Waals surface area contributed by atoms with Gasteiger partial charge in [0.2, 0.25) is 0 Å². The van der Waals surface area contributed by atoms with E-state index in [-0.39, 0.29) is 0 Å². The zero-order valence-electron chi connectivity index (χ0n) is 19.2. The largest absolute Gasteiger partial charge is 0.372 e. The van der Waals surface area contributed by atoms with Crippen LogP contribution in [0.2, 0.25) is 16.6 Å². The molecular weight excluding hydrogens is 342 g/mol. The SMILES string of the molecule is CCCCN(CCCC)c1ccc(C#C[Si](C(C)C)(C(C)C)C(C)C)cc1. The number of benzene rings is 1. The van der Waals surface area contributed by atoms with Crippen molar-refractivity contribution >= 4 is 13.8 Å². The van der Waals surface area contributed by atoms with Crippen LogP contribution in [0.15, 0.2) is 24.3 Å². The maximum atomic E-state index is 3.84. The molecule has 1 aromatic rings. The molecule has 1 rings (SSSR count). The summed E-state index contributed by atoms with van der Waals surface area (Å²) in [5.41, 5.74) is 8.41. The Morgan fingerprint density at radius 2 is 1.22 bits per heavy atom. The fourth-order valence-electron chi connectivity index (χ4n) is 4.44. The Balaban J connectivity index is 3.06. The molecule has 0 saturated heterocycles. The first-order valence-corrected chi connectivity index (χ1v) is 13.4. The van der Waals surface area contributed by atoms with E-state index in [9.17, 15) is 0 Å². The number of rotatable bonds is 10. The monoisotopic (exact) mass is 385 g/mol. The molecule has 0 heterocycles. The van der Waals surface area contributed by atoms with Crippen molar-refractivity contribution in [3.05, 3.63) is 29.8 Å². The number of hydrogen-bond donors (Lipinski definition) is 0. The van der Waals surface area contributed by atoms with E-state index >= 15 is 0 Å². The number of anilines is 1. The summed E-state index contributed by atoms with van der Waals surface area (Å²) >= 11 is 0. The van der Waals surface area contributed by atoms with Gasteiger partial charge >= 0.3 is 0 Å². The molecule has 0 aliphatic carbocycles. The lowest BCUT2D eigenvalue weighted by molar-refractivity contribution is 0.678. The molecule has 0 amide bonds. The summed E-state index contributed by atoms with van der Waals surface area (Å²) < 4.78 is 0. The van der Waals surface area contributed by atoms with Crippen LogP contribution >= 0.6 is 0 Å². The Morgan fingerprint density at radius 1 is 0.778 bits per heavy atom. The van der Waals surface area contributed by atoms with Crippen molar-refractivity contribution in [1.29, 1.82) is 0 Å². The Kier molecular flexibility index (Phi) is 10.2. The highest BCUT2D eigenvalue weighted by molar-refractivity contribution is 6.90. The lowest BCUT2D eigenvalue weighted by atomic mass is 10.2. The predicted octanol–water partition coefficient (Wildman–Crippen LogP) is 7.66. The Morgan fingerprint density at radius 3 is 1.59 bits per heavy atom. The fourth-order valence-corrected chi connectivity index (χ4v) is 9.66. The van der Waals surface area contributed by atoms with Gasteiger partial charge in [-0.1, -0.05) is 74.2 Å². The molecule has 0 atom stereocenters. The van der Waals surface area contributed by atoms with Gasteiger partial charge in [0.1, 0.15) is 8.07 Å². The summed E-state index contributed by atoms with van der Waals surface area (Å²) in [5, 5.41) is 0. The van der Waals surface area contributed by atoms with Crippen molar-refractivity contribution in [3.8, 4) is 11.5 Å². The third kappa shape index (κ3) is 6.42. The second-order valence-electron chi connectivity index (χ2n) is 8.89. The van der Waals surface area contributed by atoms with Crippen LogP contribution in [0.1, 0.15) is 86.6 Å². The second-order valence-corrected chi connectivity index (χ2v) is 14.5. The van der Waals surface area contributed by atoms with Gasteiger partial charge in [0, 0.05) is 24.3 Å². The minimum Gasteiger partial charge on any atom is -0.372 e. The molecule has 0 saturated carbocycles. The normalized spacial score (nSPS) is 11.8. The molecule has 0 unspecified atom stereocenters. The molecule has 0 aliphatic heterocycles. The molecule has 0 bridgehead atoms. The van der Waals surface area contributed by atoms with E-state index < -0.39 is 8.07 Å². The molecule has 152 valence electrons. The second kappa shape index (κ2) is 11.6. The standard InChI is InChI=1S/C25H43NSi/c1-9-11-18-26(19-12-10-2)25-15-13-24(14-16-25)17-20-27(21(3)4,22(5)6)23(7)8/h13-16,21-23H,9-12,18-19H2,1-8H3. The minimum absolute atomic E-state index is 0.683. The first-order chi connectivity index (χ1) is 12.8. The molecule has 2 heteroatoms. The first kappa shape index (κ1) is 23.8. The highest BCUT2D eigenvalue weighted by Crippen LogP contribution is 2.40. The summed E-state index contributed by atoms with van der Waals surface area (Å²) in [5.74, 6) is 3.58. The summed E-state index contributed by atoms with van der Waals surface area (Å²) in [6.07, 6.45) is 5.02. The van der Waals surface area contributed by atoms with Crippen molar-refractivity contribution in [1.82, 2.24) is 0 Å². The molecule has 0 aromatic heterocycles. The number of nitrogens with zero attached hydrogens (tertiary/aromatic N) is 1. The van der Waals surface area contributed by atoms with Crippen molar-refractivity contribution in [2.45, 2.75) is 97.7 Å². The maximum Gasteiger partial charge on any atom is 0.146 e. The van der Waals surface area contributed by atoms with E-state index in [1.165, 1.54) is 36.9 Å². The van der Waals surface area contributed by atoms with Crippen LogP contribution < -0.4 is 4.90 Å². The lowest BCUT2D eigenvalue weighted by Gasteiger charge is -2.38. The first-order valence-electron chi connectivity index (χ1n) is 11.2. The fraction of sp³-hybridized carbons (Fsp3) is 0.680. The molecule has 0 N–H and O–H groups in total. The highest BCUT2D eigenvalue weighted by atomic mass is 28.3. The zero-order valence-corrected chi connectivity index (χ0v) is 20.2. The molecule has 1 aromatic carbocycles. The van der Waals surface area contributed by atoms with Gasteiger partial charge in [-0.3, -0.25) is 0 Å². The smallest absolute Gasteiger partial charge is 0.146 e. The number of unbranched alkanes of at least 4 members (excludes halogenated alkanes) is 2. The molecule has 0 fully saturated rings. The van der Waals surface area contributed by atoms with Gasteiger partial charge in [-0.15, -0.1) is 5.54 Å². The van der Waals surface area contributed by atoms with E-state index in [0.29, 0.717) is 16.6 Å². The molecular formula is C25H43NSi. The third-order valence-corrected chi connectivity index (χ3v) is 12.4. The average molecular weight is 386 g/mol. The molecule has 27 heavy (non-hydrogen) atoms. The van der Waals surface area contributed by atoms with Crippen molar-refractivity contribution < 1.29 is 0 Å². The Labute approximate surface area is 171 Å². The zero-order chi connectivity index (χ0) is 20.4. The topological polar surface area (TPSA) is 3.24 Å². The van der Waals surface area contributed by atoms with Crippen LogP contribution in [-0.2, 0) is 0 Å². The van der Waals surface area contributed by atoms with E-state index in [2.05, 4.69) is 96.0 Å². The molecule has 0 aliphatic rings. The molecule has 0 radical (unpaired) electrons. The van der Waals surface area contributed by atoms with Crippen LogP contribution in [0.5, 0.6) is 0 Å². The van der Waals surface area contributed by atoms with Gasteiger partial charge < -0.3 is 4.90 Å². The molecule has 0 spiro atoms. The lowest BCUT2D eigenvalue weighted by Crippen LogP contribution is -2.43. The van der Waals surface area contributed by atoms with Gasteiger partial charge in [0.25, 0.3) is 0 Å². The van der Waals surface area contributed by atoms with Crippen LogP contribution in [0.3, 0.4) is 0 Å². The predicted molar refractivity (Wildman–Crippen MR) is 126 cm³/mol. The summed E-state index contributed by atoms with van der Waals surface area (Å²) in [6.45, 7) is 21.1. The van der Waals surface area contributed by atoms with Gasteiger partial charge in [-0.25, -0.2) is 0 Å². The number of hydrogen-bond acceptors (Lipinski definition) is 1. The van der Waals surface area contributed by atoms with Crippen molar-refractivity contribution in [2.24, 2.45) is 0 Å². The Bertz CT molecular complexity index is 559. The molecule has 1 nitrogen and oxygen atoms in total. The van der Waals surface area contributed by atoms with Crippen LogP contribution in [-0.4, -0.2) is 21.2 Å². The van der Waals surface area contributed by atoms with Gasteiger partial charge in [-0.05, 0) is 53.7 Å². The van der Waals surface area contributed by atoms with Crippen LogP contribution in [0.25, 0.3) is 0 Å². The average Bonchev–Trinajstić information content (AvgIpc) is 2.62. The van der Waals surface area contributed by atoms with Crippen LogP contribution in [0.4, 0.5) is 5.69 Å². The summed E-state index contributed by atoms with van der Waals surface area (Å²) in [7, 11) is -1.65. The van der Waals surface area contributed by atoms with Gasteiger partial charge in [0.15, 0.2) is 0 Å². The van der Waals surface area contributed by atoms with E-state index in [1.807, 2.05) is 0 Å². The van der Waals surface area contributed by atoms with Crippen molar-refractivity contribution in [3.63, 3.8) is 0 Å². The van der Waals surface area contributed by atoms with Crippen LogP contribution in [0, 0.1) is 11.5 Å².